The Balaban J connectivity index is 0.00000533. The molecule has 208 valence electrons. The highest BCUT2D eigenvalue weighted by atomic mass is 79.9. The topological polar surface area (TPSA) is 194 Å². The highest BCUT2D eigenvalue weighted by Gasteiger charge is 2.19. The van der Waals surface area contributed by atoms with Crippen LogP contribution in [0.1, 0.15) is 37.9 Å². The van der Waals surface area contributed by atoms with Crippen molar-refractivity contribution in [3.05, 3.63) is 58.7 Å². The number of nitrogens with zero attached hydrogens (tertiary/aromatic N) is 4. The summed E-state index contributed by atoms with van der Waals surface area (Å²) in [6, 6.07) is 4.42. The van der Waals surface area contributed by atoms with E-state index in [0.717, 1.165) is 0 Å². The van der Waals surface area contributed by atoms with Crippen LogP contribution < -0.4 is 27.0 Å². The van der Waals surface area contributed by atoms with E-state index in [9.17, 15) is 19.2 Å². The molecule has 14 nitrogen and oxygen atoms in total. The fourth-order valence-corrected chi connectivity index (χ4v) is 3.53. The Morgan fingerprint density at radius 1 is 0.923 bits per heavy atom. The second-order valence-corrected chi connectivity index (χ2v) is 9.24. The van der Waals surface area contributed by atoms with E-state index in [0.29, 0.717) is 11.4 Å². The number of amides is 4. The minimum atomic E-state index is -0.506. The first-order valence-electron chi connectivity index (χ1n) is 11.1. The smallest absolute Gasteiger partial charge is 0.273 e. The zero-order valence-electron chi connectivity index (χ0n) is 21.3. The first-order chi connectivity index (χ1) is 17.8. The summed E-state index contributed by atoms with van der Waals surface area (Å²) in [5.41, 5.74) is 6.79. The molecule has 39 heavy (non-hydrogen) atoms. The minimum absolute atomic E-state index is 0. The molecule has 0 unspecified atom stereocenters. The number of carbonyl (C=O) groups excluding carboxylic acids is 4. The normalized spacial score (nSPS) is 10.3. The molecule has 0 spiro atoms. The lowest BCUT2D eigenvalue weighted by atomic mass is 10.3. The Kier molecular flexibility index (Phi) is 10.2. The van der Waals surface area contributed by atoms with E-state index in [1.165, 1.54) is 27.4 Å². The first-order valence-corrected chi connectivity index (χ1v) is 11.9. The third kappa shape index (κ3) is 7.81. The van der Waals surface area contributed by atoms with Crippen molar-refractivity contribution in [1.82, 2.24) is 24.2 Å². The number of hydrogen-bond donors (Lipinski definition) is 6. The Labute approximate surface area is 238 Å². The van der Waals surface area contributed by atoms with E-state index in [4.69, 9.17) is 11.1 Å². The number of anilines is 3. The van der Waals surface area contributed by atoms with Gasteiger partial charge in [-0.3, -0.25) is 29.3 Å². The number of hydrogen-bond acceptors (Lipinski definition) is 6. The summed E-state index contributed by atoms with van der Waals surface area (Å²) in [5.74, 6) is -1.70. The zero-order valence-corrected chi connectivity index (χ0v) is 23.7. The number of nitrogens with two attached hydrogens (primary N) is 1. The average Bonchev–Trinajstić information content (AvgIpc) is 3.49. The molecule has 0 aliphatic heterocycles. The third-order valence-electron chi connectivity index (χ3n) is 5.27. The van der Waals surface area contributed by atoms with E-state index in [-0.39, 0.29) is 58.6 Å². The third-order valence-corrected chi connectivity index (χ3v) is 5.63. The van der Waals surface area contributed by atoms with Crippen molar-refractivity contribution in [3.63, 3.8) is 0 Å². The molecular formula is C23H28BrClN10O4. The summed E-state index contributed by atoms with van der Waals surface area (Å²) in [4.78, 5) is 49.8. The van der Waals surface area contributed by atoms with Gasteiger partial charge in [0, 0.05) is 52.6 Å². The molecule has 0 radical (unpaired) electrons. The molecule has 7 N–H and O–H groups in total. The minimum Gasteiger partial charge on any atom is -0.388 e. The lowest BCUT2D eigenvalue weighted by Gasteiger charge is -2.03. The maximum atomic E-state index is 12.9. The standard InChI is InChI=1S/C23H27BrN10O4.ClH/c1-12(24)20(35)28-13-7-15(32(2)10-13)22(37)29-14-8-16(33(3)11-14)23(38)30-19-9-17(34(4)31-19)21(36)27-6-5-18(25)26;/h7-11H,1,5-6H2,2-4H3,(H3,25,26)(H,27,36)(H,28,35)(H,29,37)(H,30,31,38);1H. The number of nitrogens with one attached hydrogen (secondary N) is 5. The van der Waals surface area contributed by atoms with Crippen LogP contribution in [0.4, 0.5) is 17.2 Å². The average molecular weight is 624 g/mol. The summed E-state index contributed by atoms with van der Waals surface area (Å²) in [5, 5.41) is 22.0. The Morgan fingerprint density at radius 2 is 1.46 bits per heavy atom. The van der Waals surface area contributed by atoms with Crippen molar-refractivity contribution in [2.75, 3.05) is 22.5 Å². The van der Waals surface area contributed by atoms with Gasteiger partial charge in [-0.05, 0) is 28.1 Å². The molecular weight excluding hydrogens is 596 g/mol. The predicted octanol–water partition coefficient (Wildman–Crippen LogP) is 1.93. The summed E-state index contributed by atoms with van der Waals surface area (Å²) in [7, 11) is 4.85. The summed E-state index contributed by atoms with van der Waals surface area (Å²) < 4.78 is 4.55. The molecule has 3 aromatic heterocycles. The van der Waals surface area contributed by atoms with Crippen LogP contribution in [-0.4, -0.2) is 54.9 Å². The van der Waals surface area contributed by atoms with Gasteiger partial charge in [0.1, 0.15) is 17.1 Å². The van der Waals surface area contributed by atoms with Crippen molar-refractivity contribution in [1.29, 1.82) is 5.41 Å². The molecule has 0 saturated carbocycles. The molecule has 0 atom stereocenters. The molecule has 0 aromatic carbocycles. The van der Waals surface area contributed by atoms with Crippen molar-refractivity contribution in [2.24, 2.45) is 26.9 Å². The van der Waals surface area contributed by atoms with Crippen LogP contribution in [0.15, 0.2) is 41.7 Å². The van der Waals surface area contributed by atoms with Crippen molar-refractivity contribution >= 4 is 75.0 Å². The number of amidine groups is 1. The fraction of sp³-hybridized carbons (Fsp3) is 0.217. The lowest BCUT2D eigenvalue weighted by molar-refractivity contribution is -0.112. The highest BCUT2D eigenvalue weighted by Crippen LogP contribution is 2.19. The van der Waals surface area contributed by atoms with Gasteiger partial charge in [0.15, 0.2) is 5.82 Å². The number of aromatic nitrogens is 4. The molecule has 3 aromatic rings. The number of carbonyl (C=O) groups is 4. The van der Waals surface area contributed by atoms with Crippen LogP contribution in [-0.2, 0) is 25.9 Å². The largest absolute Gasteiger partial charge is 0.388 e. The predicted molar refractivity (Wildman–Crippen MR) is 153 cm³/mol. The van der Waals surface area contributed by atoms with E-state index < -0.39 is 23.6 Å². The van der Waals surface area contributed by atoms with E-state index >= 15 is 0 Å². The van der Waals surface area contributed by atoms with Gasteiger partial charge in [0.05, 0.1) is 21.7 Å². The van der Waals surface area contributed by atoms with Crippen LogP contribution in [0.2, 0.25) is 0 Å². The second kappa shape index (κ2) is 12.9. The molecule has 3 heterocycles. The van der Waals surface area contributed by atoms with Crippen LogP contribution in [0.5, 0.6) is 0 Å². The highest BCUT2D eigenvalue weighted by molar-refractivity contribution is 9.12. The van der Waals surface area contributed by atoms with Gasteiger partial charge in [0.25, 0.3) is 23.6 Å². The maximum Gasteiger partial charge on any atom is 0.273 e. The van der Waals surface area contributed by atoms with Gasteiger partial charge in [-0.1, -0.05) is 6.58 Å². The monoisotopic (exact) mass is 622 g/mol. The Hall–Kier alpha value is -4.37. The van der Waals surface area contributed by atoms with E-state index in [1.54, 1.807) is 38.1 Å². The van der Waals surface area contributed by atoms with Gasteiger partial charge in [-0.2, -0.15) is 5.10 Å². The molecule has 0 aliphatic rings. The van der Waals surface area contributed by atoms with Crippen LogP contribution >= 0.6 is 28.3 Å². The van der Waals surface area contributed by atoms with Crippen molar-refractivity contribution in [3.8, 4) is 0 Å². The Bertz CT molecular complexity index is 1450. The molecule has 0 fully saturated rings. The number of aryl methyl sites for hydroxylation is 3. The molecule has 4 amide bonds. The van der Waals surface area contributed by atoms with E-state index in [2.05, 4.69) is 48.9 Å². The first kappa shape index (κ1) is 30.9. The maximum absolute atomic E-state index is 12.9. The lowest BCUT2D eigenvalue weighted by Crippen LogP contribution is -2.29. The number of rotatable bonds is 10. The van der Waals surface area contributed by atoms with Crippen LogP contribution in [0.3, 0.4) is 0 Å². The van der Waals surface area contributed by atoms with Gasteiger partial charge in [0.2, 0.25) is 0 Å². The second-order valence-electron chi connectivity index (χ2n) is 8.29. The van der Waals surface area contributed by atoms with Gasteiger partial charge >= 0.3 is 0 Å². The quantitative estimate of drug-likeness (QED) is 0.113. The van der Waals surface area contributed by atoms with Gasteiger partial charge in [-0.25, -0.2) is 0 Å². The summed E-state index contributed by atoms with van der Waals surface area (Å²) >= 11 is 3.00. The molecule has 0 saturated heterocycles. The van der Waals surface area contributed by atoms with Crippen LogP contribution in [0, 0.1) is 5.41 Å². The molecule has 16 heteroatoms. The molecule has 0 bridgehead atoms. The van der Waals surface area contributed by atoms with Crippen LogP contribution in [0.25, 0.3) is 0 Å². The van der Waals surface area contributed by atoms with Crippen molar-refractivity contribution in [2.45, 2.75) is 6.42 Å². The van der Waals surface area contributed by atoms with Crippen molar-refractivity contribution < 1.29 is 19.2 Å². The Morgan fingerprint density at radius 3 is 2.00 bits per heavy atom. The molecule has 0 aliphatic carbocycles. The van der Waals surface area contributed by atoms with Gasteiger partial charge in [-0.15, -0.1) is 12.4 Å². The zero-order chi connectivity index (χ0) is 28.1. The van der Waals surface area contributed by atoms with Gasteiger partial charge < -0.3 is 36.1 Å². The summed E-state index contributed by atoms with van der Waals surface area (Å²) in [6.07, 6.45) is 3.37. The number of halogens is 2. The SMILES string of the molecule is C=C(Br)C(=O)Nc1cc(C(=O)Nc2cc(C(=O)Nc3cc(C(=O)NCCC(=N)N)n(C)n3)n(C)c2)n(C)c1.Cl. The van der Waals surface area contributed by atoms with E-state index in [1.807, 2.05) is 0 Å². The molecule has 3 rings (SSSR count). The fourth-order valence-electron chi connectivity index (χ4n) is 3.43. The summed E-state index contributed by atoms with van der Waals surface area (Å²) in [6.45, 7) is 3.70.